The first-order chi connectivity index (χ1) is 15.0. The molecule has 1 saturated heterocycles. The van der Waals surface area contributed by atoms with Crippen molar-refractivity contribution in [3.8, 4) is 0 Å². The molecule has 1 N–H and O–H groups in total. The number of nitrogens with one attached hydrogen (secondary N) is 1. The molecule has 2 aromatic carbocycles. The second kappa shape index (κ2) is 9.31. The van der Waals surface area contributed by atoms with Crippen LogP contribution < -0.4 is 10.2 Å². The number of benzene rings is 2. The second-order valence-corrected chi connectivity index (χ2v) is 8.90. The monoisotopic (exact) mass is 439 g/mol. The van der Waals surface area contributed by atoms with Crippen molar-refractivity contribution in [2.45, 2.75) is 44.4 Å². The normalized spacial score (nSPS) is 18.1. The minimum absolute atomic E-state index is 0.0479. The van der Waals surface area contributed by atoms with Crippen LogP contribution in [0.5, 0.6) is 0 Å². The van der Waals surface area contributed by atoms with E-state index >= 15 is 0 Å². The summed E-state index contributed by atoms with van der Waals surface area (Å²) < 4.78 is 0. The average molecular weight is 440 g/mol. The van der Waals surface area contributed by atoms with Gasteiger partial charge >= 0.3 is 0 Å². The Morgan fingerprint density at radius 3 is 2.29 bits per heavy atom. The molecule has 6 heteroatoms. The number of rotatable bonds is 5. The number of hydrogen-bond donors (Lipinski definition) is 1. The molecule has 0 spiro atoms. The molecule has 2 aromatic rings. The van der Waals surface area contributed by atoms with Crippen LogP contribution in [0.3, 0.4) is 0 Å². The zero-order valence-electron chi connectivity index (χ0n) is 18.1. The lowest BCUT2D eigenvalue weighted by Crippen LogP contribution is -2.48. The fourth-order valence-corrected chi connectivity index (χ4v) is 5.19. The minimum Gasteiger partial charge on any atom is -0.367 e. The van der Waals surface area contributed by atoms with Crippen molar-refractivity contribution in [3.63, 3.8) is 0 Å². The Balaban J connectivity index is 1.46. The SMILES string of the molecule is CCC(=O)N1CCN(c2ccc(NC(=O)C3(c4ccccc4)CCCC3)cc2Cl)CC1. The van der Waals surface area contributed by atoms with Crippen molar-refractivity contribution < 1.29 is 9.59 Å². The van der Waals surface area contributed by atoms with Gasteiger partial charge in [-0.25, -0.2) is 0 Å². The van der Waals surface area contributed by atoms with Gasteiger partial charge < -0.3 is 15.1 Å². The summed E-state index contributed by atoms with van der Waals surface area (Å²) >= 11 is 6.61. The summed E-state index contributed by atoms with van der Waals surface area (Å²) in [5, 5.41) is 3.75. The van der Waals surface area contributed by atoms with Gasteiger partial charge in [0.25, 0.3) is 0 Å². The Kier molecular flexibility index (Phi) is 6.51. The molecule has 31 heavy (non-hydrogen) atoms. The summed E-state index contributed by atoms with van der Waals surface area (Å²) in [6.07, 6.45) is 4.41. The molecule has 2 aliphatic rings. The number of carbonyl (C=O) groups is 2. The smallest absolute Gasteiger partial charge is 0.235 e. The molecule has 2 amide bonds. The summed E-state index contributed by atoms with van der Waals surface area (Å²) in [4.78, 5) is 29.4. The van der Waals surface area contributed by atoms with Crippen LogP contribution in [0, 0.1) is 0 Å². The lowest BCUT2D eigenvalue weighted by Gasteiger charge is -2.36. The van der Waals surface area contributed by atoms with Gasteiger partial charge in [0.2, 0.25) is 11.8 Å². The van der Waals surface area contributed by atoms with Crippen LogP contribution in [-0.2, 0) is 15.0 Å². The third-order valence-electron chi connectivity index (χ3n) is 6.70. The van der Waals surface area contributed by atoms with Gasteiger partial charge in [-0.3, -0.25) is 9.59 Å². The molecule has 2 fully saturated rings. The van der Waals surface area contributed by atoms with E-state index in [9.17, 15) is 9.59 Å². The Bertz CT molecular complexity index is 933. The predicted octanol–water partition coefficient (Wildman–Crippen LogP) is 4.85. The van der Waals surface area contributed by atoms with Crippen molar-refractivity contribution in [2.24, 2.45) is 0 Å². The van der Waals surface area contributed by atoms with E-state index in [-0.39, 0.29) is 11.8 Å². The minimum atomic E-state index is -0.464. The van der Waals surface area contributed by atoms with Crippen molar-refractivity contribution in [3.05, 3.63) is 59.1 Å². The third kappa shape index (κ3) is 4.42. The predicted molar refractivity (Wildman–Crippen MR) is 126 cm³/mol. The molecule has 0 aromatic heterocycles. The van der Waals surface area contributed by atoms with Gasteiger partial charge in [-0.1, -0.05) is 61.7 Å². The van der Waals surface area contributed by atoms with Crippen molar-refractivity contribution in [1.82, 2.24) is 4.90 Å². The number of carbonyl (C=O) groups excluding carboxylic acids is 2. The van der Waals surface area contributed by atoms with E-state index in [2.05, 4.69) is 22.3 Å². The lowest BCUT2D eigenvalue weighted by atomic mass is 9.78. The summed E-state index contributed by atoms with van der Waals surface area (Å²) in [7, 11) is 0. The van der Waals surface area contributed by atoms with Crippen LogP contribution in [0.4, 0.5) is 11.4 Å². The molecule has 1 aliphatic carbocycles. The zero-order chi connectivity index (χ0) is 21.8. The van der Waals surface area contributed by atoms with Crippen LogP contribution in [0.1, 0.15) is 44.6 Å². The van der Waals surface area contributed by atoms with Crippen molar-refractivity contribution in [1.29, 1.82) is 0 Å². The maximum absolute atomic E-state index is 13.4. The Labute approximate surface area is 189 Å². The van der Waals surface area contributed by atoms with Gasteiger partial charge in [-0.15, -0.1) is 0 Å². The van der Waals surface area contributed by atoms with E-state index in [0.29, 0.717) is 24.5 Å². The van der Waals surface area contributed by atoms with E-state index in [1.807, 2.05) is 48.2 Å². The van der Waals surface area contributed by atoms with Gasteiger partial charge in [0.1, 0.15) is 0 Å². The molecule has 5 nitrogen and oxygen atoms in total. The highest BCUT2D eigenvalue weighted by Crippen LogP contribution is 2.42. The third-order valence-corrected chi connectivity index (χ3v) is 7.00. The number of nitrogens with zero attached hydrogens (tertiary/aromatic N) is 2. The summed E-state index contributed by atoms with van der Waals surface area (Å²) in [5.74, 6) is 0.245. The molecule has 4 rings (SSSR count). The molecule has 0 unspecified atom stereocenters. The van der Waals surface area contributed by atoms with E-state index in [4.69, 9.17) is 11.6 Å². The van der Waals surface area contributed by atoms with Crippen LogP contribution in [0.15, 0.2) is 48.5 Å². The lowest BCUT2D eigenvalue weighted by molar-refractivity contribution is -0.131. The Morgan fingerprint density at radius 1 is 1.00 bits per heavy atom. The zero-order valence-corrected chi connectivity index (χ0v) is 18.8. The fourth-order valence-electron chi connectivity index (χ4n) is 4.89. The molecule has 1 saturated carbocycles. The highest BCUT2D eigenvalue weighted by Gasteiger charge is 2.42. The summed E-state index contributed by atoms with van der Waals surface area (Å²) in [5.41, 5.74) is 2.30. The van der Waals surface area contributed by atoms with Gasteiger partial charge in [0.05, 0.1) is 16.1 Å². The first-order valence-electron chi connectivity index (χ1n) is 11.2. The van der Waals surface area contributed by atoms with Crippen molar-refractivity contribution in [2.75, 3.05) is 36.4 Å². The number of amides is 2. The van der Waals surface area contributed by atoms with E-state index in [1.165, 1.54) is 0 Å². The van der Waals surface area contributed by atoms with Crippen LogP contribution in [-0.4, -0.2) is 42.9 Å². The number of halogens is 1. The van der Waals surface area contributed by atoms with Gasteiger partial charge in [-0.05, 0) is 36.6 Å². The van der Waals surface area contributed by atoms with Gasteiger partial charge in [-0.2, -0.15) is 0 Å². The van der Waals surface area contributed by atoms with Crippen LogP contribution in [0.2, 0.25) is 5.02 Å². The quantitative estimate of drug-likeness (QED) is 0.724. The Hall–Kier alpha value is -2.53. The maximum Gasteiger partial charge on any atom is 0.235 e. The Morgan fingerprint density at radius 2 is 1.68 bits per heavy atom. The number of hydrogen-bond acceptors (Lipinski definition) is 3. The highest BCUT2D eigenvalue weighted by atomic mass is 35.5. The molecule has 0 bridgehead atoms. The van der Waals surface area contributed by atoms with Gasteiger partial charge in [0, 0.05) is 38.3 Å². The molecular formula is C25H30ClN3O2. The molecule has 1 aliphatic heterocycles. The topological polar surface area (TPSA) is 52.7 Å². The van der Waals surface area contributed by atoms with E-state index in [0.717, 1.165) is 55.7 Å². The van der Waals surface area contributed by atoms with E-state index in [1.54, 1.807) is 0 Å². The summed E-state index contributed by atoms with van der Waals surface area (Å²) in [6, 6.07) is 15.8. The second-order valence-electron chi connectivity index (χ2n) is 8.50. The number of anilines is 2. The molecule has 164 valence electrons. The fraction of sp³-hybridized carbons (Fsp3) is 0.440. The molecular weight excluding hydrogens is 410 g/mol. The first kappa shape index (κ1) is 21.7. The number of piperazine rings is 1. The van der Waals surface area contributed by atoms with Crippen LogP contribution >= 0.6 is 11.6 Å². The largest absolute Gasteiger partial charge is 0.367 e. The summed E-state index contributed by atoms with van der Waals surface area (Å²) in [6.45, 7) is 4.83. The average Bonchev–Trinajstić information content (AvgIpc) is 3.31. The van der Waals surface area contributed by atoms with Crippen molar-refractivity contribution >= 4 is 34.8 Å². The van der Waals surface area contributed by atoms with Crippen LogP contribution in [0.25, 0.3) is 0 Å². The standard InChI is InChI=1S/C25H30ClN3O2/c1-2-23(30)29-16-14-28(15-17-29)22-11-10-20(18-21(22)26)27-24(31)25(12-6-7-13-25)19-8-4-3-5-9-19/h3-5,8-11,18H,2,6-7,12-17H2,1H3,(H,27,31). The van der Waals surface area contributed by atoms with Gasteiger partial charge in [0.15, 0.2) is 0 Å². The highest BCUT2D eigenvalue weighted by molar-refractivity contribution is 6.33. The molecule has 0 radical (unpaired) electrons. The molecule has 0 atom stereocenters. The molecule has 1 heterocycles. The van der Waals surface area contributed by atoms with E-state index < -0.39 is 5.41 Å². The maximum atomic E-state index is 13.4. The first-order valence-corrected chi connectivity index (χ1v) is 11.6.